The summed E-state index contributed by atoms with van der Waals surface area (Å²) in [6.45, 7) is 1.42. The zero-order chi connectivity index (χ0) is 13.8. The number of hydrogen-bond acceptors (Lipinski definition) is 5. The Kier molecular flexibility index (Phi) is 3.96. The molecule has 0 aromatic heterocycles. The highest BCUT2D eigenvalue weighted by atomic mass is 16.6. The van der Waals surface area contributed by atoms with E-state index in [1.807, 2.05) is 0 Å². The average Bonchev–Trinajstić information content (AvgIpc) is 2.41. The number of phenols is 1. The molecular formula is C12H15N3O4. The van der Waals surface area contributed by atoms with Gasteiger partial charge in [-0.05, 0) is 25.5 Å². The molecule has 1 saturated heterocycles. The van der Waals surface area contributed by atoms with Crippen LogP contribution in [0, 0.1) is 16.0 Å². The first kappa shape index (κ1) is 13.3. The van der Waals surface area contributed by atoms with E-state index in [9.17, 15) is 20.0 Å². The van der Waals surface area contributed by atoms with Crippen molar-refractivity contribution in [2.75, 3.05) is 18.4 Å². The summed E-state index contributed by atoms with van der Waals surface area (Å²) >= 11 is 0. The molecule has 0 radical (unpaired) electrons. The van der Waals surface area contributed by atoms with Gasteiger partial charge in [-0.2, -0.15) is 0 Å². The normalized spacial score (nSPS) is 18.8. The summed E-state index contributed by atoms with van der Waals surface area (Å²) in [5.41, 5.74) is -0.444. The van der Waals surface area contributed by atoms with Gasteiger partial charge in [-0.1, -0.05) is 6.07 Å². The van der Waals surface area contributed by atoms with Crippen molar-refractivity contribution in [3.8, 4) is 5.75 Å². The Bertz CT molecular complexity index is 498. The minimum absolute atomic E-state index is 0.136. The number of benzene rings is 1. The first-order chi connectivity index (χ1) is 9.09. The van der Waals surface area contributed by atoms with E-state index in [1.54, 1.807) is 0 Å². The molecule has 1 aliphatic heterocycles. The number of hydrogen-bond donors (Lipinski definition) is 3. The van der Waals surface area contributed by atoms with Crippen LogP contribution in [0.2, 0.25) is 0 Å². The van der Waals surface area contributed by atoms with Crippen molar-refractivity contribution < 1.29 is 14.8 Å². The smallest absolute Gasteiger partial charge is 0.296 e. The molecule has 1 fully saturated rings. The molecule has 0 aliphatic carbocycles. The van der Waals surface area contributed by atoms with E-state index in [-0.39, 0.29) is 28.9 Å². The lowest BCUT2D eigenvalue weighted by atomic mass is 9.98. The lowest BCUT2D eigenvalue weighted by Crippen LogP contribution is -2.37. The number of nitro benzene ring substituents is 1. The number of amides is 1. The fourth-order valence-electron chi connectivity index (χ4n) is 2.11. The van der Waals surface area contributed by atoms with Crippen molar-refractivity contribution in [1.29, 1.82) is 0 Å². The fourth-order valence-corrected chi connectivity index (χ4v) is 2.11. The number of rotatable bonds is 3. The number of carbonyl (C=O) groups excluding carboxylic acids is 1. The maximum atomic E-state index is 12.0. The maximum Gasteiger partial charge on any atom is 0.296 e. The first-order valence-corrected chi connectivity index (χ1v) is 6.07. The molecule has 0 spiro atoms. The fraction of sp³-hybridized carbons (Fsp3) is 0.417. The van der Waals surface area contributed by atoms with Crippen molar-refractivity contribution >= 4 is 17.3 Å². The van der Waals surface area contributed by atoms with Crippen LogP contribution in [0.25, 0.3) is 0 Å². The molecule has 2 rings (SSSR count). The van der Waals surface area contributed by atoms with E-state index >= 15 is 0 Å². The van der Waals surface area contributed by atoms with Gasteiger partial charge in [0.2, 0.25) is 5.91 Å². The van der Waals surface area contributed by atoms with Gasteiger partial charge in [0.15, 0.2) is 5.69 Å². The van der Waals surface area contributed by atoms with Crippen LogP contribution in [-0.2, 0) is 4.79 Å². The van der Waals surface area contributed by atoms with Gasteiger partial charge >= 0.3 is 0 Å². The second-order valence-corrected chi connectivity index (χ2v) is 4.46. The molecule has 1 heterocycles. The van der Waals surface area contributed by atoms with Gasteiger partial charge in [0, 0.05) is 12.6 Å². The lowest BCUT2D eigenvalue weighted by molar-refractivity contribution is -0.384. The van der Waals surface area contributed by atoms with Crippen molar-refractivity contribution in [3.05, 3.63) is 28.3 Å². The number of aromatic hydroxyl groups is 1. The third kappa shape index (κ3) is 3.00. The zero-order valence-electron chi connectivity index (χ0n) is 10.3. The van der Waals surface area contributed by atoms with Crippen LogP contribution in [0.4, 0.5) is 11.4 Å². The van der Waals surface area contributed by atoms with Crippen molar-refractivity contribution in [2.45, 2.75) is 12.8 Å². The third-order valence-corrected chi connectivity index (χ3v) is 3.13. The Morgan fingerprint density at radius 3 is 2.95 bits per heavy atom. The predicted octanol–water partition coefficient (Wildman–Crippen LogP) is 1.24. The highest BCUT2D eigenvalue weighted by molar-refractivity contribution is 5.96. The van der Waals surface area contributed by atoms with E-state index in [0.29, 0.717) is 6.54 Å². The van der Waals surface area contributed by atoms with Gasteiger partial charge in [-0.15, -0.1) is 0 Å². The summed E-state index contributed by atoms with van der Waals surface area (Å²) in [6, 6.07) is 3.92. The highest BCUT2D eigenvalue weighted by Gasteiger charge is 2.25. The molecule has 1 aromatic rings. The SMILES string of the molecule is O=C(Nc1c(O)cccc1[N+](=O)[O-])[C@H]1CCCNC1. The van der Waals surface area contributed by atoms with Crippen LogP contribution in [-0.4, -0.2) is 29.0 Å². The van der Waals surface area contributed by atoms with Crippen LogP contribution in [0.3, 0.4) is 0 Å². The van der Waals surface area contributed by atoms with Crippen molar-refractivity contribution in [3.63, 3.8) is 0 Å². The third-order valence-electron chi connectivity index (χ3n) is 3.13. The van der Waals surface area contributed by atoms with Crippen LogP contribution in [0.5, 0.6) is 5.75 Å². The van der Waals surface area contributed by atoms with E-state index < -0.39 is 4.92 Å². The molecule has 19 heavy (non-hydrogen) atoms. The minimum Gasteiger partial charge on any atom is -0.505 e. The molecule has 0 bridgehead atoms. The molecule has 7 heteroatoms. The Balaban J connectivity index is 2.18. The Morgan fingerprint density at radius 2 is 2.32 bits per heavy atom. The number of para-hydroxylation sites is 1. The topological polar surface area (TPSA) is 104 Å². The van der Waals surface area contributed by atoms with Crippen molar-refractivity contribution in [1.82, 2.24) is 5.32 Å². The molecule has 0 saturated carbocycles. The largest absolute Gasteiger partial charge is 0.505 e. The quantitative estimate of drug-likeness (QED) is 0.433. The molecule has 1 atom stereocenters. The second kappa shape index (κ2) is 5.66. The Hall–Kier alpha value is -2.15. The molecule has 1 aliphatic rings. The first-order valence-electron chi connectivity index (χ1n) is 6.07. The molecule has 0 unspecified atom stereocenters. The Labute approximate surface area is 109 Å². The molecule has 102 valence electrons. The molecular weight excluding hydrogens is 250 g/mol. The standard InChI is InChI=1S/C12H15N3O4/c16-10-5-1-4-9(15(18)19)11(10)14-12(17)8-3-2-6-13-7-8/h1,4-5,8,13,16H,2-3,6-7H2,(H,14,17)/t8-/m0/s1. The summed E-state index contributed by atoms with van der Waals surface area (Å²) in [4.78, 5) is 22.2. The van der Waals surface area contributed by atoms with Crippen molar-refractivity contribution in [2.24, 2.45) is 5.92 Å². The van der Waals surface area contributed by atoms with Gasteiger partial charge in [0.25, 0.3) is 5.69 Å². The zero-order valence-corrected chi connectivity index (χ0v) is 10.3. The van der Waals surface area contributed by atoms with E-state index in [4.69, 9.17) is 0 Å². The number of piperidine rings is 1. The molecule has 1 aromatic carbocycles. The second-order valence-electron chi connectivity index (χ2n) is 4.46. The molecule has 1 amide bonds. The van der Waals surface area contributed by atoms with E-state index in [2.05, 4.69) is 10.6 Å². The van der Waals surface area contributed by atoms with E-state index in [1.165, 1.54) is 18.2 Å². The number of anilines is 1. The lowest BCUT2D eigenvalue weighted by Gasteiger charge is -2.21. The Morgan fingerprint density at radius 1 is 1.53 bits per heavy atom. The average molecular weight is 265 g/mol. The number of phenolic OH excluding ortho intramolecular Hbond substituents is 1. The van der Waals surface area contributed by atoms with Gasteiger partial charge in [-0.25, -0.2) is 0 Å². The summed E-state index contributed by atoms with van der Waals surface area (Å²) in [6.07, 6.45) is 1.63. The summed E-state index contributed by atoms with van der Waals surface area (Å²) < 4.78 is 0. The molecule has 7 nitrogen and oxygen atoms in total. The number of nitrogens with zero attached hydrogens (tertiary/aromatic N) is 1. The predicted molar refractivity (Wildman–Crippen MR) is 69.0 cm³/mol. The highest BCUT2D eigenvalue weighted by Crippen LogP contribution is 2.33. The van der Waals surface area contributed by atoms with Crippen LogP contribution in [0.1, 0.15) is 12.8 Å². The number of carbonyl (C=O) groups is 1. The van der Waals surface area contributed by atoms with Crippen LogP contribution >= 0.6 is 0 Å². The van der Waals surface area contributed by atoms with Crippen LogP contribution in [0.15, 0.2) is 18.2 Å². The van der Waals surface area contributed by atoms with Gasteiger partial charge in [0.1, 0.15) is 5.75 Å². The maximum absolute atomic E-state index is 12.0. The summed E-state index contributed by atoms with van der Waals surface area (Å²) in [7, 11) is 0. The number of nitrogens with one attached hydrogen (secondary N) is 2. The van der Waals surface area contributed by atoms with Gasteiger partial charge in [0.05, 0.1) is 10.8 Å². The number of nitro groups is 1. The van der Waals surface area contributed by atoms with Gasteiger partial charge < -0.3 is 15.7 Å². The molecule has 3 N–H and O–H groups in total. The van der Waals surface area contributed by atoms with E-state index in [0.717, 1.165) is 19.4 Å². The van der Waals surface area contributed by atoms with Crippen LogP contribution < -0.4 is 10.6 Å². The summed E-state index contributed by atoms with van der Waals surface area (Å²) in [5, 5.41) is 26.1. The monoisotopic (exact) mass is 265 g/mol. The minimum atomic E-state index is -0.631. The summed E-state index contributed by atoms with van der Waals surface area (Å²) in [5.74, 6) is -0.837. The van der Waals surface area contributed by atoms with Gasteiger partial charge in [-0.3, -0.25) is 14.9 Å².